The van der Waals surface area contributed by atoms with Crippen LogP contribution < -0.4 is 5.32 Å². The fraction of sp³-hybridized carbons (Fsp3) is 0.208. The molecule has 176 valence electrons. The summed E-state index contributed by atoms with van der Waals surface area (Å²) >= 11 is 7.49. The van der Waals surface area contributed by atoms with E-state index in [0.29, 0.717) is 45.6 Å². The first-order valence-corrected chi connectivity index (χ1v) is 11.9. The molecule has 0 radical (unpaired) electrons. The molecule has 2 aromatic heterocycles. The van der Waals surface area contributed by atoms with Crippen molar-refractivity contribution < 1.29 is 18.7 Å². The van der Waals surface area contributed by atoms with Crippen LogP contribution in [0.1, 0.15) is 21.6 Å². The molecule has 0 atom stereocenters. The summed E-state index contributed by atoms with van der Waals surface area (Å²) in [5.74, 6) is -1.94. The van der Waals surface area contributed by atoms with Gasteiger partial charge in [0.1, 0.15) is 29.3 Å². The topological polar surface area (TPSA) is 80.0 Å². The number of aromatic carboxylic acids is 1. The van der Waals surface area contributed by atoms with Crippen molar-refractivity contribution >= 4 is 46.1 Å². The third-order valence-corrected chi connectivity index (χ3v) is 6.69. The predicted octanol–water partition coefficient (Wildman–Crippen LogP) is 6.18. The number of thioether (sulfide) groups is 1. The number of carbonyl (C=O) groups is 1. The monoisotopic (exact) mass is 502 g/mol. The summed E-state index contributed by atoms with van der Waals surface area (Å²) in [6.07, 6.45) is 3.05. The second-order valence-electron chi connectivity index (χ2n) is 7.72. The second-order valence-corrected chi connectivity index (χ2v) is 8.98. The summed E-state index contributed by atoms with van der Waals surface area (Å²) < 4.78 is 30.5. The van der Waals surface area contributed by atoms with Crippen LogP contribution in [-0.4, -0.2) is 38.4 Å². The first-order chi connectivity index (χ1) is 16.2. The van der Waals surface area contributed by atoms with Gasteiger partial charge in [0.05, 0.1) is 16.2 Å². The van der Waals surface area contributed by atoms with E-state index < -0.39 is 11.8 Å². The van der Waals surface area contributed by atoms with Gasteiger partial charge in [0, 0.05) is 40.7 Å². The third kappa shape index (κ3) is 4.45. The van der Waals surface area contributed by atoms with E-state index in [2.05, 4.69) is 15.3 Å². The Morgan fingerprint density at radius 2 is 1.91 bits per heavy atom. The maximum Gasteiger partial charge on any atom is 0.339 e. The molecule has 10 heteroatoms. The number of aryl methyl sites for hydroxylation is 2. The number of aromatic nitrogens is 3. The van der Waals surface area contributed by atoms with Gasteiger partial charge in [0.2, 0.25) is 0 Å². The van der Waals surface area contributed by atoms with Crippen molar-refractivity contribution in [2.75, 3.05) is 18.1 Å². The molecule has 0 saturated carbocycles. The number of nitrogens with zero attached hydrogens (tertiary/aromatic N) is 3. The number of hydrogen-bond donors (Lipinski definition) is 2. The molecule has 0 aliphatic carbocycles. The summed E-state index contributed by atoms with van der Waals surface area (Å²) in [6, 6.07) is 7.68. The molecule has 4 rings (SSSR count). The number of nitrogens with one attached hydrogen (secondary N) is 1. The molecule has 0 amide bonds. The van der Waals surface area contributed by atoms with Gasteiger partial charge in [-0.3, -0.25) is 0 Å². The Morgan fingerprint density at radius 1 is 1.15 bits per heavy atom. The highest BCUT2D eigenvalue weighted by Gasteiger charge is 2.18. The number of anilines is 1. The van der Waals surface area contributed by atoms with Crippen LogP contribution in [0.4, 0.5) is 14.6 Å². The number of fused-ring (bicyclic) bond motifs is 1. The summed E-state index contributed by atoms with van der Waals surface area (Å²) in [5, 5.41) is 13.6. The molecule has 34 heavy (non-hydrogen) atoms. The van der Waals surface area contributed by atoms with Crippen molar-refractivity contribution in [3.63, 3.8) is 0 Å². The molecule has 0 spiro atoms. The van der Waals surface area contributed by atoms with Gasteiger partial charge >= 0.3 is 5.97 Å². The molecule has 2 N–H and O–H groups in total. The summed E-state index contributed by atoms with van der Waals surface area (Å²) in [4.78, 5) is 20.1. The van der Waals surface area contributed by atoms with Gasteiger partial charge < -0.3 is 15.0 Å². The van der Waals surface area contributed by atoms with Crippen molar-refractivity contribution in [2.45, 2.75) is 25.3 Å². The molecular weight excluding hydrogens is 482 g/mol. The van der Waals surface area contributed by atoms with E-state index in [1.807, 2.05) is 17.6 Å². The molecule has 6 nitrogen and oxygen atoms in total. The van der Waals surface area contributed by atoms with E-state index >= 15 is 0 Å². The molecule has 0 fully saturated rings. The quantitative estimate of drug-likeness (QED) is 0.294. The molecule has 0 aliphatic rings. The fourth-order valence-electron chi connectivity index (χ4n) is 3.93. The van der Waals surface area contributed by atoms with Crippen LogP contribution in [0.5, 0.6) is 0 Å². The second kappa shape index (κ2) is 9.60. The van der Waals surface area contributed by atoms with Gasteiger partial charge in [-0.05, 0) is 49.9 Å². The van der Waals surface area contributed by atoms with Gasteiger partial charge in [-0.15, -0.1) is 11.8 Å². The summed E-state index contributed by atoms with van der Waals surface area (Å²) in [5.41, 5.74) is 2.84. The Labute approximate surface area is 204 Å². The van der Waals surface area contributed by atoms with Crippen molar-refractivity contribution in [1.82, 2.24) is 14.5 Å². The van der Waals surface area contributed by atoms with Crippen LogP contribution in [-0.2, 0) is 6.54 Å². The maximum absolute atomic E-state index is 14.5. The van der Waals surface area contributed by atoms with E-state index in [9.17, 15) is 18.7 Å². The number of halogens is 3. The number of rotatable bonds is 7. The van der Waals surface area contributed by atoms with Crippen molar-refractivity contribution in [3.05, 3.63) is 70.1 Å². The minimum atomic E-state index is -1.32. The number of carboxylic acid groups (broad SMARTS) is 1. The summed E-state index contributed by atoms with van der Waals surface area (Å²) in [7, 11) is 0. The molecular formula is C24H21ClF2N4O2S. The van der Waals surface area contributed by atoms with Crippen LogP contribution in [0.3, 0.4) is 0 Å². The van der Waals surface area contributed by atoms with Crippen LogP contribution in [0.2, 0.25) is 5.02 Å². The van der Waals surface area contributed by atoms with Crippen LogP contribution in [0, 0.1) is 25.5 Å². The van der Waals surface area contributed by atoms with E-state index in [0.717, 1.165) is 34.4 Å². The first kappa shape index (κ1) is 24.0. The normalized spacial score (nSPS) is 11.2. The third-order valence-electron chi connectivity index (χ3n) is 5.64. The molecule has 2 aromatic carbocycles. The lowest BCUT2D eigenvalue weighted by molar-refractivity contribution is 0.0688. The standard InChI is InChI=1S/C24H21ClF2N4O2S/c1-12-6-15-13(2)17(26)9-16(25)23(15)31(12)5-4-28-21-10-19(29-11-30-21)14-7-18(27)22(24(32)33)20(8-14)34-3/h6-11H,4-5H2,1-3H3,(H,32,33)(H,28,29,30). The van der Waals surface area contributed by atoms with E-state index in [-0.39, 0.29) is 11.4 Å². The predicted molar refractivity (Wildman–Crippen MR) is 131 cm³/mol. The van der Waals surface area contributed by atoms with Crippen molar-refractivity contribution in [2.24, 2.45) is 0 Å². The molecule has 2 heterocycles. The highest BCUT2D eigenvalue weighted by atomic mass is 35.5. The zero-order chi connectivity index (χ0) is 24.6. The lowest BCUT2D eigenvalue weighted by Gasteiger charge is -2.12. The highest BCUT2D eigenvalue weighted by Crippen LogP contribution is 2.32. The number of benzene rings is 2. The van der Waals surface area contributed by atoms with Gasteiger partial charge in [0.15, 0.2) is 0 Å². The van der Waals surface area contributed by atoms with Gasteiger partial charge in [-0.1, -0.05) is 11.6 Å². The Kier molecular flexibility index (Phi) is 6.77. The number of carboxylic acids is 1. The molecule has 0 aliphatic heterocycles. The lowest BCUT2D eigenvalue weighted by atomic mass is 10.1. The number of hydrogen-bond acceptors (Lipinski definition) is 5. The Hall–Kier alpha value is -3.17. The van der Waals surface area contributed by atoms with E-state index in [1.54, 1.807) is 25.3 Å². The van der Waals surface area contributed by atoms with Gasteiger partial charge in [0.25, 0.3) is 0 Å². The van der Waals surface area contributed by atoms with Crippen molar-refractivity contribution in [3.8, 4) is 11.3 Å². The molecule has 0 saturated heterocycles. The van der Waals surface area contributed by atoms with Crippen LogP contribution in [0.25, 0.3) is 22.2 Å². The first-order valence-electron chi connectivity index (χ1n) is 10.3. The Morgan fingerprint density at radius 3 is 2.62 bits per heavy atom. The van der Waals surface area contributed by atoms with E-state index in [4.69, 9.17) is 11.6 Å². The minimum Gasteiger partial charge on any atom is -0.478 e. The molecule has 0 bridgehead atoms. The smallest absolute Gasteiger partial charge is 0.339 e. The molecule has 4 aromatic rings. The SMILES string of the molecule is CSc1cc(-c2cc(NCCn3c(C)cc4c(C)c(F)cc(Cl)c43)ncn2)cc(F)c1C(=O)O. The van der Waals surface area contributed by atoms with Gasteiger partial charge in [-0.25, -0.2) is 23.5 Å². The zero-order valence-electron chi connectivity index (χ0n) is 18.6. The maximum atomic E-state index is 14.5. The van der Waals surface area contributed by atoms with Crippen LogP contribution >= 0.6 is 23.4 Å². The lowest BCUT2D eigenvalue weighted by Crippen LogP contribution is -2.12. The highest BCUT2D eigenvalue weighted by molar-refractivity contribution is 7.98. The van der Waals surface area contributed by atoms with Gasteiger partial charge in [-0.2, -0.15) is 0 Å². The minimum absolute atomic E-state index is 0.314. The van der Waals surface area contributed by atoms with Crippen molar-refractivity contribution in [1.29, 1.82) is 0 Å². The van der Waals surface area contributed by atoms with Crippen LogP contribution in [0.15, 0.2) is 41.6 Å². The zero-order valence-corrected chi connectivity index (χ0v) is 20.2. The molecule has 0 unspecified atom stereocenters. The Bertz CT molecular complexity index is 1420. The Balaban J connectivity index is 1.56. The largest absolute Gasteiger partial charge is 0.478 e. The van der Waals surface area contributed by atoms with E-state index in [1.165, 1.54) is 12.4 Å². The average molecular weight is 503 g/mol. The fourth-order valence-corrected chi connectivity index (χ4v) is 4.86. The summed E-state index contributed by atoms with van der Waals surface area (Å²) in [6.45, 7) is 4.72. The average Bonchev–Trinajstić information content (AvgIpc) is 3.13.